The predicted octanol–water partition coefficient (Wildman–Crippen LogP) is 3.59. The van der Waals surface area contributed by atoms with Crippen molar-refractivity contribution in [3.63, 3.8) is 0 Å². The Morgan fingerprint density at radius 1 is 1.26 bits per heavy atom. The highest BCUT2D eigenvalue weighted by atomic mass is 32.2. The van der Waals surface area contributed by atoms with E-state index in [1.165, 1.54) is 23.3 Å². The first kappa shape index (κ1) is 14.9. The Hall–Kier alpha value is -0.510. The summed E-state index contributed by atoms with van der Waals surface area (Å²) in [7, 11) is 2.25. The molecule has 0 aromatic heterocycles. The van der Waals surface area contributed by atoms with Gasteiger partial charge in [-0.2, -0.15) is 0 Å². The minimum absolute atomic E-state index is 0.621. The second-order valence-corrected chi connectivity index (χ2v) is 7.04. The lowest BCUT2D eigenvalue weighted by molar-refractivity contribution is 0.0435. The molecule has 19 heavy (non-hydrogen) atoms. The Labute approximate surface area is 121 Å². The van der Waals surface area contributed by atoms with Gasteiger partial charge in [0.2, 0.25) is 0 Å². The van der Waals surface area contributed by atoms with Gasteiger partial charge in [0.1, 0.15) is 0 Å². The van der Waals surface area contributed by atoms with Crippen LogP contribution in [0.2, 0.25) is 0 Å². The Morgan fingerprint density at radius 2 is 1.89 bits per heavy atom. The van der Waals surface area contributed by atoms with E-state index >= 15 is 0 Å². The first-order valence-electron chi connectivity index (χ1n) is 7.16. The molecule has 106 valence electrons. The van der Waals surface area contributed by atoms with E-state index in [0.717, 1.165) is 19.8 Å². The summed E-state index contributed by atoms with van der Waals surface area (Å²) in [6, 6.07) is 9.54. The van der Waals surface area contributed by atoms with E-state index < -0.39 is 0 Å². The average molecular weight is 279 g/mol. The van der Waals surface area contributed by atoms with Gasteiger partial charge in [-0.15, -0.1) is 11.8 Å². The molecule has 1 fully saturated rings. The third-order valence-corrected chi connectivity index (χ3v) is 4.81. The smallest absolute Gasteiger partial charge is 0.0480 e. The standard InChI is InChI=1S/C16H25NOS/c1-13-4-6-16(7-5-13)19-14(2)12-17(3)15-8-10-18-11-9-15/h4-7,14-15H,8-12H2,1-3H3/t14-/m1/s1. The van der Waals surface area contributed by atoms with Crippen LogP contribution in [0.5, 0.6) is 0 Å². The van der Waals surface area contributed by atoms with Crippen molar-refractivity contribution in [2.24, 2.45) is 0 Å². The van der Waals surface area contributed by atoms with Crippen molar-refractivity contribution in [3.05, 3.63) is 29.8 Å². The van der Waals surface area contributed by atoms with Gasteiger partial charge in [0.25, 0.3) is 0 Å². The van der Waals surface area contributed by atoms with Crippen molar-refractivity contribution < 1.29 is 4.74 Å². The zero-order chi connectivity index (χ0) is 13.7. The largest absolute Gasteiger partial charge is 0.381 e. The Bertz CT molecular complexity index is 373. The second kappa shape index (κ2) is 7.32. The number of benzene rings is 1. The second-order valence-electron chi connectivity index (χ2n) is 5.52. The van der Waals surface area contributed by atoms with Crippen LogP contribution in [-0.4, -0.2) is 43.0 Å². The highest BCUT2D eigenvalue weighted by Gasteiger charge is 2.20. The molecule has 1 saturated heterocycles. The minimum Gasteiger partial charge on any atom is -0.381 e. The molecule has 0 N–H and O–H groups in total. The van der Waals surface area contributed by atoms with Crippen molar-refractivity contribution in [1.82, 2.24) is 4.90 Å². The summed E-state index contributed by atoms with van der Waals surface area (Å²) in [5.74, 6) is 0. The Kier molecular flexibility index (Phi) is 5.74. The highest BCUT2D eigenvalue weighted by Crippen LogP contribution is 2.25. The van der Waals surface area contributed by atoms with Crippen LogP contribution in [0, 0.1) is 6.92 Å². The van der Waals surface area contributed by atoms with Gasteiger partial charge in [-0.1, -0.05) is 24.6 Å². The molecular weight excluding hydrogens is 254 g/mol. The van der Waals surface area contributed by atoms with Gasteiger partial charge in [0.05, 0.1) is 0 Å². The van der Waals surface area contributed by atoms with Crippen LogP contribution in [0.3, 0.4) is 0 Å². The molecule has 0 unspecified atom stereocenters. The molecule has 1 aromatic rings. The maximum atomic E-state index is 5.43. The topological polar surface area (TPSA) is 12.5 Å². The molecular formula is C16H25NOS. The summed E-state index contributed by atoms with van der Waals surface area (Å²) in [6.07, 6.45) is 2.36. The van der Waals surface area contributed by atoms with Crippen LogP contribution in [0.25, 0.3) is 0 Å². The highest BCUT2D eigenvalue weighted by molar-refractivity contribution is 8.00. The first-order chi connectivity index (χ1) is 9.15. The van der Waals surface area contributed by atoms with Crippen LogP contribution < -0.4 is 0 Å². The van der Waals surface area contributed by atoms with E-state index in [1.807, 2.05) is 11.8 Å². The summed E-state index contributed by atoms with van der Waals surface area (Å²) in [5.41, 5.74) is 1.33. The summed E-state index contributed by atoms with van der Waals surface area (Å²) in [6.45, 7) is 7.45. The molecule has 0 aliphatic carbocycles. The third kappa shape index (κ3) is 4.83. The average Bonchev–Trinajstić information content (AvgIpc) is 2.42. The van der Waals surface area contributed by atoms with Crippen molar-refractivity contribution in [2.45, 2.75) is 42.9 Å². The quantitative estimate of drug-likeness (QED) is 0.764. The van der Waals surface area contributed by atoms with Gasteiger partial charge in [0, 0.05) is 35.9 Å². The zero-order valence-electron chi connectivity index (χ0n) is 12.3. The van der Waals surface area contributed by atoms with Crippen molar-refractivity contribution in [1.29, 1.82) is 0 Å². The maximum Gasteiger partial charge on any atom is 0.0480 e. The maximum absolute atomic E-state index is 5.43. The number of aryl methyl sites for hydroxylation is 1. The molecule has 0 amide bonds. The lowest BCUT2D eigenvalue weighted by Gasteiger charge is -2.32. The lowest BCUT2D eigenvalue weighted by Crippen LogP contribution is -2.39. The SMILES string of the molecule is Cc1ccc(S[C@H](C)CN(C)C2CCOCC2)cc1. The molecule has 1 aliphatic heterocycles. The number of hydrogen-bond donors (Lipinski definition) is 0. The van der Waals surface area contributed by atoms with Crippen LogP contribution in [-0.2, 0) is 4.74 Å². The zero-order valence-corrected chi connectivity index (χ0v) is 13.1. The molecule has 1 heterocycles. The van der Waals surface area contributed by atoms with Crippen LogP contribution in [0.1, 0.15) is 25.3 Å². The van der Waals surface area contributed by atoms with Gasteiger partial charge < -0.3 is 9.64 Å². The Balaban J connectivity index is 1.79. The normalized spacial score (nSPS) is 18.7. The fourth-order valence-corrected chi connectivity index (χ4v) is 3.63. The number of nitrogens with zero attached hydrogens (tertiary/aromatic N) is 1. The van der Waals surface area contributed by atoms with Crippen LogP contribution in [0.15, 0.2) is 29.2 Å². The fourth-order valence-electron chi connectivity index (χ4n) is 2.57. The van der Waals surface area contributed by atoms with E-state index in [2.05, 4.69) is 50.1 Å². The van der Waals surface area contributed by atoms with E-state index in [4.69, 9.17) is 4.74 Å². The van der Waals surface area contributed by atoms with Gasteiger partial charge in [-0.3, -0.25) is 0 Å². The van der Waals surface area contributed by atoms with E-state index in [-0.39, 0.29) is 0 Å². The van der Waals surface area contributed by atoms with E-state index in [1.54, 1.807) is 0 Å². The molecule has 2 rings (SSSR count). The van der Waals surface area contributed by atoms with Gasteiger partial charge in [0.15, 0.2) is 0 Å². The number of rotatable bonds is 5. The third-order valence-electron chi connectivity index (χ3n) is 3.72. The molecule has 1 aromatic carbocycles. The van der Waals surface area contributed by atoms with Gasteiger partial charge in [-0.05, 0) is 38.9 Å². The molecule has 0 saturated carbocycles. The van der Waals surface area contributed by atoms with Gasteiger partial charge in [-0.25, -0.2) is 0 Å². The molecule has 2 nitrogen and oxygen atoms in total. The number of hydrogen-bond acceptors (Lipinski definition) is 3. The van der Waals surface area contributed by atoms with E-state index in [9.17, 15) is 0 Å². The van der Waals surface area contributed by atoms with Crippen molar-refractivity contribution >= 4 is 11.8 Å². The van der Waals surface area contributed by atoms with Crippen molar-refractivity contribution in [2.75, 3.05) is 26.8 Å². The molecule has 1 aliphatic rings. The first-order valence-corrected chi connectivity index (χ1v) is 8.04. The van der Waals surface area contributed by atoms with Crippen LogP contribution in [0.4, 0.5) is 0 Å². The fraction of sp³-hybridized carbons (Fsp3) is 0.625. The molecule has 3 heteroatoms. The molecule has 0 bridgehead atoms. The minimum atomic E-state index is 0.621. The van der Waals surface area contributed by atoms with Crippen molar-refractivity contribution in [3.8, 4) is 0 Å². The van der Waals surface area contributed by atoms with Crippen LogP contribution >= 0.6 is 11.8 Å². The van der Waals surface area contributed by atoms with E-state index in [0.29, 0.717) is 11.3 Å². The lowest BCUT2D eigenvalue weighted by atomic mass is 10.1. The molecule has 0 spiro atoms. The molecule has 1 atom stereocenters. The monoisotopic (exact) mass is 279 g/mol. The van der Waals surface area contributed by atoms with Gasteiger partial charge >= 0.3 is 0 Å². The summed E-state index contributed by atoms with van der Waals surface area (Å²) in [5, 5.41) is 0.621. The summed E-state index contributed by atoms with van der Waals surface area (Å²) >= 11 is 1.97. The number of ether oxygens (including phenoxy) is 1. The predicted molar refractivity (Wildman–Crippen MR) is 83.0 cm³/mol. The Morgan fingerprint density at radius 3 is 2.53 bits per heavy atom. The molecule has 0 radical (unpaired) electrons. The summed E-state index contributed by atoms with van der Waals surface area (Å²) in [4.78, 5) is 3.88. The number of thioether (sulfide) groups is 1. The summed E-state index contributed by atoms with van der Waals surface area (Å²) < 4.78 is 5.43.